The molecule has 0 aromatic carbocycles. The molecule has 5 heteroatoms. The van der Waals surface area contributed by atoms with Crippen molar-refractivity contribution >= 4 is 17.7 Å². The van der Waals surface area contributed by atoms with Gasteiger partial charge in [-0.05, 0) is 32.6 Å². The Labute approximate surface area is 101 Å². The largest absolute Gasteiger partial charge is 0.323 e. The number of ketones is 1. The van der Waals surface area contributed by atoms with Crippen LogP contribution in [0.4, 0.5) is 4.79 Å². The second-order valence-corrected chi connectivity index (χ2v) is 4.38. The maximum absolute atomic E-state index is 11.6. The molecule has 1 heterocycles. The molecule has 5 nitrogen and oxygen atoms in total. The number of Topliss-reactive ketones (excluding diaryl/α,β-unsaturated/α-hetero) is 1. The van der Waals surface area contributed by atoms with Gasteiger partial charge in [0, 0.05) is 5.92 Å². The Hall–Kier alpha value is -1.39. The maximum Gasteiger partial charge on any atom is 0.322 e. The van der Waals surface area contributed by atoms with Crippen LogP contribution in [0.15, 0.2) is 0 Å². The quantitative estimate of drug-likeness (QED) is 0.680. The highest BCUT2D eigenvalue weighted by atomic mass is 16.2. The van der Waals surface area contributed by atoms with E-state index < -0.39 is 11.6 Å². The van der Waals surface area contributed by atoms with Gasteiger partial charge in [-0.25, -0.2) is 4.79 Å². The summed E-state index contributed by atoms with van der Waals surface area (Å²) in [6, 6.07) is -0.415. The fourth-order valence-electron chi connectivity index (χ4n) is 2.40. The monoisotopic (exact) mass is 240 g/mol. The molecular weight excluding hydrogens is 220 g/mol. The zero-order valence-corrected chi connectivity index (χ0v) is 10.6. The normalized spacial score (nSPS) is 31.4. The number of hydrogen-bond acceptors (Lipinski definition) is 3. The van der Waals surface area contributed by atoms with Gasteiger partial charge in [0.15, 0.2) is 0 Å². The van der Waals surface area contributed by atoms with E-state index >= 15 is 0 Å². The van der Waals surface area contributed by atoms with Gasteiger partial charge < -0.3 is 5.32 Å². The Morgan fingerprint density at radius 3 is 2.12 bits per heavy atom. The Balaban J connectivity index is 0.000000686. The van der Waals surface area contributed by atoms with Gasteiger partial charge in [0.1, 0.15) is 11.3 Å². The number of amides is 3. The van der Waals surface area contributed by atoms with Crippen LogP contribution >= 0.6 is 0 Å². The fraction of sp³-hybridized carbons (Fsp3) is 0.750. The Bertz CT molecular complexity index is 331. The van der Waals surface area contributed by atoms with Crippen molar-refractivity contribution in [1.82, 2.24) is 10.6 Å². The summed E-state index contributed by atoms with van der Waals surface area (Å²) in [7, 11) is 0. The lowest BCUT2D eigenvalue weighted by Gasteiger charge is -2.33. The number of nitrogens with one attached hydrogen (secondary N) is 2. The summed E-state index contributed by atoms with van der Waals surface area (Å²) in [5.41, 5.74) is -0.733. The lowest BCUT2D eigenvalue weighted by Crippen LogP contribution is -2.49. The lowest BCUT2D eigenvalue weighted by molar-refractivity contribution is -0.128. The van der Waals surface area contributed by atoms with E-state index in [-0.39, 0.29) is 17.6 Å². The zero-order chi connectivity index (χ0) is 13.1. The molecule has 2 aliphatic rings. The van der Waals surface area contributed by atoms with Crippen molar-refractivity contribution < 1.29 is 14.4 Å². The first-order chi connectivity index (χ1) is 8.03. The van der Waals surface area contributed by atoms with Crippen LogP contribution in [0.2, 0.25) is 0 Å². The minimum absolute atomic E-state index is 0.0564. The first-order valence-electron chi connectivity index (χ1n) is 6.17. The highest BCUT2D eigenvalue weighted by Gasteiger charge is 2.48. The van der Waals surface area contributed by atoms with E-state index in [1.165, 1.54) is 0 Å². The molecule has 3 amide bonds. The average Bonchev–Trinajstić information content (AvgIpc) is 2.57. The summed E-state index contributed by atoms with van der Waals surface area (Å²) >= 11 is 0. The standard InChI is InChI=1S/C10H14N2O3.C2H6/c1-6(13)7-2-4-10(5-3-7)8(14)11-9(15)12-10;1-2/h7H,2-5H2,1H3,(H2,11,12,14,15);1-2H3. The molecule has 0 unspecified atom stereocenters. The third-order valence-electron chi connectivity index (χ3n) is 3.43. The van der Waals surface area contributed by atoms with E-state index in [9.17, 15) is 14.4 Å². The summed E-state index contributed by atoms with van der Waals surface area (Å²) in [5.74, 6) is -0.00925. The Kier molecular flexibility index (Phi) is 4.26. The number of urea groups is 1. The van der Waals surface area contributed by atoms with Crippen LogP contribution in [0.1, 0.15) is 46.5 Å². The summed E-state index contributed by atoms with van der Waals surface area (Å²) in [4.78, 5) is 33.8. The minimum atomic E-state index is -0.733. The molecule has 1 aliphatic heterocycles. The number of carbonyl (C=O) groups is 3. The molecule has 1 aliphatic carbocycles. The van der Waals surface area contributed by atoms with Crippen LogP contribution in [0.3, 0.4) is 0 Å². The molecule has 0 aromatic rings. The van der Waals surface area contributed by atoms with Gasteiger partial charge in [-0.15, -0.1) is 0 Å². The van der Waals surface area contributed by atoms with Crippen LogP contribution < -0.4 is 10.6 Å². The van der Waals surface area contributed by atoms with Gasteiger partial charge in [-0.3, -0.25) is 14.9 Å². The topological polar surface area (TPSA) is 75.3 Å². The molecule has 1 spiro atoms. The molecule has 2 rings (SSSR count). The SMILES string of the molecule is CC.CC(=O)C1CCC2(CC1)NC(=O)NC2=O. The summed E-state index contributed by atoms with van der Waals surface area (Å²) in [5, 5.41) is 4.92. The van der Waals surface area contributed by atoms with E-state index in [2.05, 4.69) is 10.6 Å². The molecule has 1 saturated heterocycles. The van der Waals surface area contributed by atoms with Crippen LogP contribution in [0.5, 0.6) is 0 Å². The average molecular weight is 240 g/mol. The van der Waals surface area contributed by atoms with E-state index in [0.717, 1.165) is 0 Å². The smallest absolute Gasteiger partial charge is 0.322 e. The molecule has 0 radical (unpaired) electrons. The van der Waals surface area contributed by atoms with Gasteiger partial charge in [0.05, 0.1) is 0 Å². The van der Waals surface area contributed by atoms with Crippen molar-refractivity contribution in [1.29, 1.82) is 0 Å². The van der Waals surface area contributed by atoms with Gasteiger partial charge in [0.25, 0.3) is 5.91 Å². The molecule has 0 atom stereocenters. The highest BCUT2D eigenvalue weighted by Crippen LogP contribution is 2.34. The molecule has 0 bridgehead atoms. The first kappa shape index (κ1) is 13.7. The fourth-order valence-corrected chi connectivity index (χ4v) is 2.40. The van der Waals surface area contributed by atoms with Crippen LogP contribution in [-0.4, -0.2) is 23.3 Å². The van der Waals surface area contributed by atoms with Crippen molar-refractivity contribution in [3.8, 4) is 0 Å². The van der Waals surface area contributed by atoms with E-state index in [4.69, 9.17) is 0 Å². The summed E-state index contributed by atoms with van der Waals surface area (Å²) in [6.45, 7) is 5.58. The molecule has 2 N–H and O–H groups in total. The van der Waals surface area contributed by atoms with Crippen LogP contribution in [0, 0.1) is 5.92 Å². The summed E-state index contributed by atoms with van der Waals surface area (Å²) < 4.78 is 0. The van der Waals surface area contributed by atoms with Crippen LogP contribution in [-0.2, 0) is 9.59 Å². The van der Waals surface area contributed by atoms with Crippen molar-refractivity contribution in [3.05, 3.63) is 0 Å². The van der Waals surface area contributed by atoms with Crippen molar-refractivity contribution in [2.24, 2.45) is 5.92 Å². The number of hydrogen-bond donors (Lipinski definition) is 2. The Morgan fingerprint density at radius 2 is 1.76 bits per heavy atom. The highest BCUT2D eigenvalue weighted by molar-refractivity contribution is 6.07. The first-order valence-corrected chi connectivity index (χ1v) is 6.17. The molecule has 96 valence electrons. The predicted molar refractivity (Wildman–Crippen MR) is 63.4 cm³/mol. The number of imide groups is 1. The maximum atomic E-state index is 11.6. The van der Waals surface area contributed by atoms with Crippen molar-refractivity contribution in [3.63, 3.8) is 0 Å². The minimum Gasteiger partial charge on any atom is -0.323 e. The second kappa shape index (κ2) is 5.29. The Morgan fingerprint density at radius 1 is 1.24 bits per heavy atom. The zero-order valence-electron chi connectivity index (χ0n) is 10.6. The van der Waals surface area contributed by atoms with Crippen molar-refractivity contribution in [2.45, 2.75) is 52.0 Å². The molecule has 2 fully saturated rings. The number of rotatable bonds is 1. The summed E-state index contributed by atoms with van der Waals surface area (Å²) in [6.07, 6.45) is 2.50. The third-order valence-corrected chi connectivity index (χ3v) is 3.43. The van der Waals surface area contributed by atoms with E-state index in [1.54, 1.807) is 6.92 Å². The van der Waals surface area contributed by atoms with Gasteiger partial charge in [-0.1, -0.05) is 13.8 Å². The van der Waals surface area contributed by atoms with Gasteiger partial charge >= 0.3 is 6.03 Å². The van der Waals surface area contributed by atoms with Gasteiger partial charge in [0.2, 0.25) is 0 Å². The number of carbonyl (C=O) groups excluding carboxylic acids is 3. The van der Waals surface area contributed by atoms with E-state index in [0.29, 0.717) is 25.7 Å². The third kappa shape index (κ3) is 2.65. The molecular formula is C12H20N2O3. The molecule has 0 aromatic heterocycles. The molecule has 1 saturated carbocycles. The predicted octanol–water partition coefficient (Wildman–Crippen LogP) is 1.37. The van der Waals surface area contributed by atoms with Crippen molar-refractivity contribution in [2.75, 3.05) is 0 Å². The molecule has 17 heavy (non-hydrogen) atoms. The lowest BCUT2D eigenvalue weighted by atomic mass is 9.75. The van der Waals surface area contributed by atoms with Gasteiger partial charge in [-0.2, -0.15) is 0 Å². The second-order valence-electron chi connectivity index (χ2n) is 4.38. The van der Waals surface area contributed by atoms with Crippen LogP contribution in [0.25, 0.3) is 0 Å². The van der Waals surface area contributed by atoms with E-state index in [1.807, 2.05) is 13.8 Å².